The number of carbonyl (C=O) groups is 2. The summed E-state index contributed by atoms with van der Waals surface area (Å²) in [6.07, 6.45) is 0. The van der Waals surface area contributed by atoms with Crippen LogP contribution in [0.3, 0.4) is 0 Å². The first-order valence-electron chi connectivity index (χ1n) is 6.49. The monoisotopic (exact) mass is 278 g/mol. The minimum atomic E-state index is -0.319. The lowest BCUT2D eigenvalue weighted by molar-refractivity contribution is -0.00485. The molecule has 1 fully saturated rings. The van der Waals surface area contributed by atoms with Gasteiger partial charge in [-0.3, -0.25) is 4.79 Å². The number of aliphatic hydroxyl groups is 1. The Morgan fingerprint density at radius 1 is 1.40 bits per heavy atom. The van der Waals surface area contributed by atoms with Gasteiger partial charge in [0.1, 0.15) is 0 Å². The molecule has 1 aliphatic heterocycles. The first-order valence-corrected chi connectivity index (χ1v) is 6.49. The van der Waals surface area contributed by atoms with E-state index in [9.17, 15) is 14.7 Å². The van der Waals surface area contributed by atoms with Crippen molar-refractivity contribution < 1.29 is 19.4 Å². The van der Waals surface area contributed by atoms with Crippen LogP contribution in [-0.4, -0.2) is 54.2 Å². The van der Waals surface area contributed by atoms with E-state index < -0.39 is 0 Å². The molecule has 1 unspecified atom stereocenters. The fourth-order valence-electron chi connectivity index (χ4n) is 2.06. The quantitative estimate of drug-likeness (QED) is 0.812. The molecule has 0 bridgehead atoms. The fourth-order valence-corrected chi connectivity index (χ4v) is 2.06. The van der Waals surface area contributed by atoms with Gasteiger partial charge in [-0.15, -0.1) is 0 Å². The summed E-state index contributed by atoms with van der Waals surface area (Å²) in [5.41, 5.74) is 1.21. The number of amides is 2. The van der Waals surface area contributed by atoms with Gasteiger partial charge >= 0.3 is 6.03 Å². The largest absolute Gasteiger partial charge is 0.394 e. The number of hydrogen-bond donors (Lipinski definition) is 2. The molecule has 6 heteroatoms. The Kier molecular flexibility index (Phi) is 4.70. The molecule has 2 amide bonds. The summed E-state index contributed by atoms with van der Waals surface area (Å²) in [5, 5.41) is 12.0. The molecular weight excluding hydrogens is 260 g/mol. The summed E-state index contributed by atoms with van der Waals surface area (Å²) in [7, 11) is 0. The second-order valence-corrected chi connectivity index (χ2v) is 4.67. The van der Waals surface area contributed by atoms with E-state index >= 15 is 0 Å². The number of benzene rings is 1. The highest BCUT2D eigenvalue weighted by Crippen LogP contribution is 2.13. The van der Waals surface area contributed by atoms with Crippen LogP contribution in [0.1, 0.15) is 17.3 Å². The summed E-state index contributed by atoms with van der Waals surface area (Å²) in [5.74, 6) is -0.0172. The molecule has 6 nitrogen and oxygen atoms in total. The molecule has 0 aliphatic carbocycles. The van der Waals surface area contributed by atoms with Crippen molar-refractivity contribution in [1.29, 1.82) is 0 Å². The number of carbonyl (C=O) groups excluding carboxylic acids is 2. The van der Waals surface area contributed by atoms with Crippen LogP contribution >= 0.6 is 0 Å². The molecule has 1 saturated heterocycles. The molecule has 2 N–H and O–H groups in total. The van der Waals surface area contributed by atoms with Crippen LogP contribution in [-0.2, 0) is 4.74 Å². The Labute approximate surface area is 117 Å². The number of rotatable bonds is 3. The van der Waals surface area contributed by atoms with Crippen molar-refractivity contribution in [3.63, 3.8) is 0 Å². The van der Waals surface area contributed by atoms with Crippen LogP contribution in [0.15, 0.2) is 24.3 Å². The van der Waals surface area contributed by atoms with E-state index in [1.807, 2.05) is 0 Å². The van der Waals surface area contributed by atoms with E-state index in [0.717, 1.165) is 0 Å². The number of ether oxygens (including phenoxy) is 1. The summed E-state index contributed by atoms with van der Waals surface area (Å²) < 4.78 is 5.23. The lowest BCUT2D eigenvalue weighted by Crippen LogP contribution is -2.52. The van der Waals surface area contributed by atoms with E-state index in [1.54, 1.807) is 29.2 Å². The zero-order valence-electron chi connectivity index (χ0n) is 11.3. The third-order valence-corrected chi connectivity index (χ3v) is 3.24. The van der Waals surface area contributed by atoms with Gasteiger partial charge in [0.05, 0.1) is 25.9 Å². The normalized spacial score (nSPS) is 18.7. The SMILES string of the molecule is CC(=O)c1ccc(NC(=O)N2CCOCC2CO)cc1. The Bertz CT molecular complexity index is 486. The highest BCUT2D eigenvalue weighted by Gasteiger charge is 2.26. The number of anilines is 1. The molecule has 1 aliphatic rings. The van der Waals surface area contributed by atoms with Gasteiger partial charge in [0.2, 0.25) is 0 Å². The van der Waals surface area contributed by atoms with Crippen molar-refractivity contribution in [3.05, 3.63) is 29.8 Å². The third-order valence-electron chi connectivity index (χ3n) is 3.24. The molecule has 2 rings (SSSR count). The number of aliphatic hydroxyl groups excluding tert-OH is 1. The Morgan fingerprint density at radius 3 is 2.70 bits per heavy atom. The summed E-state index contributed by atoms with van der Waals surface area (Å²) in [6.45, 7) is 2.62. The van der Waals surface area contributed by atoms with Crippen LogP contribution < -0.4 is 5.32 Å². The highest BCUT2D eigenvalue weighted by atomic mass is 16.5. The zero-order chi connectivity index (χ0) is 14.5. The Morgan fingerprint density at radius 2 is 2.10 bits per heavy atom. The van der Waals surface area contributed by atoms with Gasteiger partial charge in [-0.2, -0.15) is 0 Å². The van der Waals surface area contributed by atoms with Crippen molar-refractivity contribution in [2.45, 2.75) is 13.0 Å². The van der Waals surface area contributed by atoms with Crippen molar-refractivity contribution in [2.75, 3.05) is 31.7 Å². The molecule has 0 aromatic heterocycles. The van der Waals surface area contributed by atoms with Gasteiger partial charge in [-0.1, -0.05) is 0 Å². The lowest BCUT2D eigenvalue weighted by Gasteiger charge is -2.34. The van der Waals surface area contributed by atoms with Crippen LogP contribution in [0.4, 0.5) is 10.5 Å². The number of Topliss-reactive ketones (excluding diaryl/α,β-unsaturated/α-hetero) is 1. The number of urea groups is 1. The highest BCUT2D eigenvalue weighted by molar-refractivity contribution is 5.95. The molecule has 20 heavy (non-hydrogen) atoms. The number of hydrogen-bond acceptors (Lipinski definition) is 4. The van der Waals surface area contributed by atoms with Crippen molar-refractivity contribution in [2.24, 2.45) is 0 Å². The molecule has 0 spiro atoms. The van der Waals surface area contributed by atoms with E-state index in [0.29, 0.717) is 31.0 Å². The van der Waals surface area contributed by atoms with Crippen molar-refractivity contribution in [3.8, 4) is 0 Å². The number of ketones is 1. The van der Waals surface area contributed by atoms with Gasteiger partial charge < -0.3 is 20.1 Å². The lowest BCUT2D eigenvalue weighted by atomic mass is 10.1. The van der Waals surface area contributed by atoms with Gasteiger partial charge in [-0.25, -0.2) is 4.79 Å². The first kappa shape index (κ1) is 14.5. The third kappa shape index (κ3) is 3.34. The van der Waals surface area contributed by atoms with Gasteiger partial charge in [0.25, 0.3) is 0 Å². The number of nitrogens with one attached hydrogen (secondary N) is 1. The van der Waals surface area contributed by atoms with E-state index in [2.05, 4.69) is 5.32 Å². The maximum Gasteiger partial charge on any atom is 0.322 e. The van der Waals surface area contributed by atoms with E-state index in [1.165, 1.54) is 6.92 Å². The molecule has 1 aromatic rings. The fraction of sp³-hybridized carbons (Fsp3) is 0.429. The Hall–Kier alpha value is -1.92. The topological polar surface area (TPSA) is 78.9 Å². The summed E-state index contributed by atoms with van der Waals surface area (Å²) in [6, 6.07) is 6.11. The van der Waals surface area contributed by atoms with Crippen LogP contribution in [0.2, 0.25) is 0 Å². The van der Waals surface area contributed by atoms with Crippen molar-refractivity contribution >= 4 is 17.5 Å². The maximum absolute atomic E-state index is 12.1. The minimum absolute atomic E-state index is 0.0172. The molecular formula is C14H18N2O4. The number of nitrogens with zero attached hydrogens (tertiary/aromatic N) is 1. The predicted molar refractivity (Wildman–Crippen MR) is 73.9 cm³/mol. The second kappa shape index (κ2) is 6.49. The summed E-state index contributed by atoms with van der Waals surface area (Å²) in [4.78, 5) is 24.9. The summed E-state index contributed by atoms with van der Waals surface area (Å²) >= 11 is 0. The molecule has 108 valence electrons. The minimum Gasteiger partial charge on any atom is -0.394 e. The average molecular weight is 278 g/mol. The molecule has 0 radical (unpaired) electrons. The van der Waals surface area contributed by atoms with E-state index in [-0.39, 0.29) is 24.5 Å². The molecule has 1 atom stereocenters. The van der Waals surface area contributed by atoms with Gasteiger partial charge in [0.15, 0.2) is 5.78 Å². The second-order valence-electron chi connectivity index (χ2n) is 4.67. The van der Waals surface area contributed by atoms with Crippen molar-refractivity contribution in [1.82, 2.24) is 4.90 Å². The standard InChI is InChI=1S/C14H18N2O4/c1-10(18)11-2-4-12(5-3-11)15-14(19)16-6-7-20-9-13(16)8-17/h2-5,13,17H,6-9H2,1H3,(H,15,19). The zero-order valence-corrected chi connectivity index (χ0v) is 11.3. The van der Waals surface area contributed by atoms with Gasteiger partial charge in [0, 0.05) is 17.8 Å². The van der Waals surface area contributed by atoms with Crippen LogP contribution in [0.25, 0.3) is 0 Å². The molecule has 1 aromatic carbocycles. The van der Waals surface area contributed by atoms with Crippen LogP contribution in [0.5, 0.6) is 0 Å². The number of morpholine rings is 1. The van der Waals surface area contributed by atoms with E-state index in [4.69, 9.17) is 4.74 Å². The van der Waals surface area contributed by atoms with Crippen LogP contribution in [0, 0.1) is 0 Å². The maximum atomic E-state index is 12.1. The molecule has 0 saturated carbocycles. The average Bonchev–Trinajstić information content (AvgIpc) is 2.47. The molecule has 1 heterocycles. The van der Waals surface area contributed by atoms with Gasteiger partial charge in [-0.05, 0) is 31.2 Å². The predicted octanol–water partition coefficient (Wildman–Crippen LogP) is 1.11. The smallest absolute Gasteiger partial charge is 0.322 e. The first-order chi connectivity index (χ1) is 9.61. The Balaban J connectivity index is 2.01.